The molecule has 174 valence electrons. The van der Waals surface area contributed by atoms with Gasteiger partial charge in [-0.25, -0.2) is 0 Å². The molecule has 4 rings (SSSR count). The molecule has 2 heterocycles. The van der Waals surface area contributed by atoms with Gasteiger partial charge in [-0.2, -0.15) is 0 Å². The maximum atomic E-state index is 13.1. The quantitative estimate of drug-likeness (QED) is 0.703. The van der Waals surface area contributed by atoms with Crippen LogP contribution < -0.4 is 15.4 Å². The van der Waals surface area contributed by atoms with E-state index in [-0.39, 0.29) is 11.8 Å². The third-order valence-corrected chi connectivity index (χ3v) is 6.59. The third-order valence-electron chi connectivity index (χ3n) is 6.59. The minimum absolute atomic E-state index is 0.0445. The molecule has 32 heavy (non-hydrogen) atoms. The number of nitrogens with one attached hydrogen (secondary N) is 2. The molecule has 3 aliphatic rings. The molecule has 1 aromatic carbocycles. The number of allylic oxidation sites excluding steroid dienone is 1. The smallest absolute Gasteiger partial charge is 0.254 e. The number of amides is 2. The predicted molar refractivity (Wildman–Crippen MR) is 123 cm³/mol. The van der Waals surface area contributed by atoms with E-state index in [1.54, 1.807) is 0 Å². The second-order valence-corrected chi connectivity index (χ2v) is 9.05. The van der Waals surface area contributed by atoms with Crippen molar-refractivity contribution in [3.63, 3.8) is 0 Å². The molecule has 0 bridgehead atoms. The minimum atomic E-state index is -0.988. The van der Waals surface area contributed by atoms with Gasteiger partial charge in [0.15, 0.2) is 5.60 Å². The van der Waals surface area contributed by atoms with Crippen LogP contribution in [0.5, 0.6) is 5.75 Å². The predicted octanol–water partition coefficient (Wildman–Crippen LogP) is 2.20. The summed E-state index contributed by atoms with van der Waals surface area (Å²) in [6.45, 7) is 2.58. The Morgan fingerprint density at radius 3 is 2.88 bits per heavy atom. The summed E-state index contributed by atoms with van der Waals surface area (Å²) in [5.74, 6) is 0.755. The summed E-state index contributed by atoms with van der Waals surface area (Å²) < 4.78 is 12.0. The first kappa shape index (κ1) is 22.8. The number of hydrogen-bond donors (Lipinski definition) is 2. The lowest BCUT2D eigenvalue weighted by atomic mass is 9.94. The maximum absolute atomic E-state index is 13.1. The number of para-hydroxylation sites is 1. The van der Waals surface area contributed by atoms with Crippen molar-refractivity contribution in [1.29, 1.82) is 0 Å². The zero-order valence-corrected chi connectivity index (χ0v) is 18.8. The number of rotatable bonds is 3. The van der Waals surface area contributed by atoms with Gasteiger partial charge in [-0.15, -0.1) is 0 Å². The summed E-state index contributed by atoms with van der Waals surface area (Å²) in [7, 11) is 0. The minimum Gasteiger partial charge on any atom is -0.491 e. The summed E-state index contributed by atoms with van der Waals surface area (Å²) in [4.78, 5) is 27.8. The van der Waals surface area contributed by atoms with Crippen LogP contribution >= 0.6 is 0 Å². The van der Waals surface area contributed by atoms with Gasteiger partial charge in [0.25, 0.3) is 5.91 Å². The van der Waals surface area contributed by atoms with Crippen LogP contribution in [-0.4, -0.2) is 67.7 Å². The Balaban J connectivity index is 1.40. The highest BCUT2D eigenvalue weighted by Crippen LogP contribution is 2.25. The number of benzene rings is 1. The van der Waals surface area contributed by atoms with Crippen molar-refractivity contribution in [2.24, 2.45) is 0 Å². The molecule has 7 heteroatoms. The second-order valence-electron chi connectivity index (χ2n) is 9.05. The summed E-state index contributed by atoms with van der Waals surface area (Å²) in [5, 5.41) is 6.16. The highest BCUT2D eigenvalue weighted by molar-refractivity contribution is 5.86. The number of morpholine rings is 1. The van der Waals surface area contributed by atoms with Gasteiger partial charge in [-0.05, 0) is 30.9 Å². The highest BCUT2D eigenvalue weighted by atomic mass is 16.5. The largest absolute Gasteiger partial charge is 0.491 e. The molecule has 0 radical (unpaired) electrons. The van der Waals surface area contributed by atoms with E-state index in [0.29, 0.717) is 51.9 Å². The normalized spacial score (nSPS) is 25.7. The topological polar surface area (TPSA) is 79.9 Å². The Labute approximate surface area is 190 Å². The Morgan fingerprint density at radius 2 is 2.00 bits per heavy atom. The molecule has 1 saturated heterocycles. The molecule has 2 fully saturated rings. The zero-order chi connectivity index (χ0) is 22.2. The maximum Gasteiger partial charge on any atom is 0.254 e. The number of carbonyl (C=O) groups excluding carboxylic acids is 2. The first-order valence-electron chi connectivity index (χ1n) is 11.9. The zero-order valence-electron chi connectivity index (χ0n) is 18.8. The molecule has 1 unspecified atom stereocenters. The lowest BCUT2D eigenvalue weighted by Gasteiger charge is -2.41. The Kier molecular flexibility index (Phi) is 7.81. The average Bonchev–Trinajstić information content (AvgIpc) is 2.80. The van der Waals surface area contributed by atoms with Crippen molar-refractivity contribution in [1.82, 2.24) is 15.5 Å². The molecular formula is C25H35N3O4. The Bertz CT molecular complexity index is 821. The van der Waals surface area contributed by atoms with Gasteiger partial charge >= 0.3 is 0 Å². The van der Waals surface area contributed by atoms with Crippen LogP contribution in [0.3, 0.4) is 0 Å². The third kappa shape index (κ3) is 5.90. The van der Waals surface area contributed by atoms with Crippen LogP contribution in [0.15, 0.2) is 36.4 Å². The lowest BCUT2D eigenvalue weighted by Crippen LogP contribution is -2.61. The van der Waals surface area contributed by atoms with Crippen molar-refractivity contribution in [2.45, 2.75) is 56.6 Å². The fourth-order valence-corrected chi connectivity index (χ4v) is 4.85. The van der Waals surface area contributed by atoms with Gasteiger partial charge < -0.3 is 20.1 Å². The van der Waals surface area contributed by atoms with E-state index < -0.39 is 5.60 Å². The molecule has 2 N–H and O–H groups in total. The number of ether oxygens (including phenoxy) is 2. The van der Waals surface area contributed by atoms with Crippen molar-refractivity contribution in [3.05, 3.63) is 42.0 Å². The first-order chi connectivity index (χ1) is 15.6. The Morgan fingerprint density at radius 1 is 1.16 bits per heavy atom. The van der Waals surface area contributed by atoms with Crippen molar-refractivity contribution in [2.75, 3.05) is 39.4 Å². The SMILES string of the molecule is O=C(CN1CCOC2(CC=CCc3ccccc3OCCNC2=O)C1)NC1CCCCC1. The van der Waals surface area contributed by atoms with E-state index in [9.17, 15) is 9.59 Å². The van der Waals surface area contributed by atoms with E-state index in [1.807, 2.05) is 29.2 Å². The molecule has 1 aromatic rings. The van der Waals surface area contributed by atoms with E-state index in [0.717, 1.165) is 30.6 Å². The van der Waals surface area contributed by atoms with Gasteiger partial charge in [0.1, 0.15) is 12.4 Å². The van der Waals surface area contributed by atoms with Crippen LogP contribution in [0.1, 0.15) is 44.1 Å². The molecule has 0 aromatic heterocycles. The van der Waals surface area contributed by atoms with Gasteiger partial charge in [0.05, 0.1) is 19.7 Å². The summed E-state index contributed by atoms with van der Waals surface area (Å²) >= 11 is 0. The molecular weight excluding hydrogens is 406 g/mol. The van der Waals surface area contributed by atoms with Gasteiger partial charge in [0, 0.05) is 25.6 Å². The van der Waals surface area contributed by atoms with Gasteiger partial charge in [0.2, 0.25) is 5.91 Å². The molecule has 2 amide bonds. The number of carbonyl (C=O) groups is 2. The molecule has 1 spiro atoms. The van der Waals surface area contributed by atoms with Crippen LogP contribution in [0.25, 0.3) is 0 Å². The number of hydrogen-bond acceptors (Lipinski definition) is 5. The van der Waals surface area contributed by atoms with Crippen LogP contribution in [0.4, 0.5) is 0 Å². The van der Waals surface area contributed by atoms with E-state index in [1.165, 1.54) is 19.3 Å². The molecule has 1 saturated carbocycles. The second kappa shape index (κ2) is 11.0. The number of nitrogens with zero attached hydrogens (tertiary/aromatic N) is 1. The lowest BCUT2D eigenvalue weighted by molar-refractivity contribution is -0.161. The summed E-state index contributed by atoms with van der Waals surface area (Å²) in [6, 6.07) is 8.27. The van der Waals surface area contributed by atoms with E-state index in [4.69, 9.17) is 9.47 Å². The van der Waals surface area contributed by atoms with Gasteiger partial charge in [-0.3, -0.25) is 14.5 Å². The Hall–Kier alpha value is -2.38. The fraction of sp³-hybridized carbons (Fsp3) is 0.600. The summed E-state index contributed by atoms with van der Waals surface area (Å²) in [5.41, 5.74) is 0.133. The van der Waals surface area contributed by atoms with Crippen LogP contribution in [0.2, 0.25) is 0 Å². The van der Waals surface area contributed by atoms with Crippen molar-refractivity contribution < 1.29 is 19.1 Å². The van der Waals surface area contributed by atoms with Crippen molar-refractivity contribution >= 4 is 11.8 Å². The summed E-state index contributed by atoms with van der Waals surface area (Å²) in [6.07, 6.45) is 11.1. The van der Waals surface area contributed by atoms with E-state index >= 15 is 0 Å². The average molecular weight is 442 g/mol. The molecule has 1 atom stereocenters. The first-order valence-corrected chi connectivity index (χ1v) is 11.9. The van der Waals surface area contributed by atoms with Gasteiger partial charge in [-0.1, -0.05) is 49.6 Å². The monoisotopic (exact) mass is 441 g/mol. The molecule has 1 aliphatic carbocycles. The van der Waals surface area contributed by atoms with Crippen molar-refractivity contribution in [3.8, 4) is 5.75 Å². The van der Waals surface area contributed by atoms with Crippen LogP contribution in [0, 0.1) is 0 Å². The van der Waals surface area contributed by atoms with Crippen LogP contribution in [-0.2, 0) is 20.7 Å². The van der Waals surface area contributed by atoms with E-state index in [2.05, 4.69) is 22.8 Å². The number of fused-ring (bicyclic) bond motifs is 1. The molecule has 7 nitrogen and oxygen atoms in total. The standard InChI is InChI=1S/C25H35N3O4/c29-23(27-21-10-2-1-3-11-21)18-28-15-17-32-25(19-28)13-7-6-9-20-8-4-5-12-22(20)31-16-14-26-24(25)30/h4-8,12,21H,1-3,9-11,13-19H2,(H,26,30)(H,27,29). The fourth-order valence-electron chi connectivity index (χ4n) is 4.85. The molecule has 2 aliphatic heterocycles. The highest BCUT2D eigenvalue weighted by Gasteiger charge is 2.43.